The van der Waals surface area contributed by atoms with Gasteiger partial charge in [-0.3, -0.25) is 9.89 Å². The SMILES string of the molecule is CCN=C(NC1CC1(C)C)N1CCN(Cc2ccon2)CC1. The number of rotatable bonds is 4. The second kappa shape index (κ2) is 6.28. The van der Waals surface area contributed by atoms with Gasteiger partial charge in [0.15, 0.2) is 5.96 Å². The maximum absolute atomic E-state index is 4.90. The molecule has 1 aromatic heterocycles. The Morgan fingerprint density at radius 3 is 2.68 bits per heavy atom. The minimum absolute atomic E-state index is 0.420. The number of nitrogens with one attached hydrogen (secondary N) is 1. The molecular formula is C16H27N5O. The molecule has 0 amide bonds. The molecule has 2 fully saturated rings. The van der Waals surface area contributed by atoms with Crippen molar-refractivity contribution >= 4 is 5.96 Å². The fourth-order valence-corrected chi connectivity index (χ4v) is 2.92. The van der Waals surface area contributed by atoms with Crippen molar-refractivity contribution < 1.29 is 4.52 Å². The van der Waals surface area contributed by atoms with Gasteiger partial charge in [-0.2, -0.15) is 0 Å². The predicted octanol–water partition coefficient (Wildman–Crippen LogP) is 1.56. The van der Waals surface area contributed by atoms with Crippen molar-refractivity contribution in [3.8, 4) is 0 Å². The summed E-state index contributed by atoms with van der Waals surface area (Å²) in [5.41, 5.74) is 1.43. The van der Waals surface area contributed by atoms with E-state index in [0.717, 1.165) is 50.9 Å². The summed E-state index contributed by atoms with van der Waals surface area (Å²) < 4.78 is 4.90. The zero-order valence-electron chi connectivity index (χ0n) is 13.9. The Hall–Kier alpha value is -1.56. The average molecular weight is 305 g/mol. The molecule has 22 heavy (non-hydrogen) atoms. The molecule has 6 nitrogen and oxygen atoms in total. The largest absolute Gasteiger partial charge is 0.364 e. The summed E-state index contributed by atoms with van der Waals surface area (Å²) in [6.45, 7) is 12.5. The van der Waals surface area contributed by atoms with Crippen LogP contribution in [0.4, 0.5) is 0 Å². The van der Waals surface area contributed by atoms with Gasteiger partial charge in [0, 0.05) is 51.4 Å². The van der Waals surface area contributed by atoms with Crippen LogP contribution in [-0.2, 0) is 6.54 Å². The van der Waals surface area contributed by atoms with E-state index in [9.17, 15) is 0 Å². The minimum atomic E-state index is 0.420. The molecule has 1 N–H and O–H groups in total. The van der Waals surface area contributed by atoms with Gasteiger partial charge in [0.1, 0.15) is 6.26 Å². The standard InChI is InChI=1S/C16H27N5O/c1-4-17-15(18-14-11-16(14,2)3)21-8-6-20(7-9-21)12-13-5-10-22-19-13/h5,10,14H,4,6-9,11-12H2,1-3H3,(H,17,18). The molecule has 1 atom stereocenters. The van der Waals surface area contributed by atoms with E-state index in [4.69, 9.17) is 4.52 Å². The van der Waals surface area contributed by atoms with Gasteiger partial charge in [0.05, 0.1) is 5.69 Å². The molecular weight excluding hydrogens is 278 g/mol. The molecule has 0 aromatic carbocycles. The van der Waals surface area contributed by atoms with Crippen molar-refractivity contribution in [2.45, 2.75) is 39.8 Å². The number of guanidine groups is 1. The lowest BCUT2D eigenvalue weighted by Crippen LogP contribution is -2.53. The summed E-state index contributed by atoms with van der Waals surface area (Å²) in [6, 6.07) is 2.51. The van der Waals surface area contributed by atoms with Crippen molar-refractivity contribution in [1.82, 2.24) is 20.3 Å². The van der Waals surface area contributed by atoms with Crippen molar-refractivity contribution in [3.63, 3.8) is 0 Å². The highest BCUT2D eigenvalue weighted by atomic mass is 16.5. The van der Waals surface area contributed by atoms with Crippen LogP contribution < -0.4 is 5.32 Å². The number of aromatic nitrogens is 1. The quantitative estimate of drug-likeness (QED) is 0.676. The van der Waals surface area contributed by atoms with E-state index < -0.39 is 0 Å². The van der Waals surface area contributed by atoms with E-state index in [1.807, 2.05) is 6.07 Å². The first-order chi connectivity index (χ1) is 10.6. The monoisotopic (exact) mass is 305 g/mol. The van der Waals surface area contributed by atoms with Crippen LogP contribution in [0.1, 0.15) is 32.9 Å². The summed E-state index contributed by atoms with van der Waals surface area (Å²) in [7, 11) is 0. The van der Waals surface area contributed by atoms with Gasteiger partial charge in [0.2, 0.25) is 0 Å². The third-order valence-electron chi connectivity index (χ3n) is 4.67. The van der Waals surface area contributed by atoms with E-state index >= 15 is 0 Å². The molecule has 1 aromatic rings. The highest BCUT2D eigenvalue weighted by Gasteiger charge is 2.46. The molecule has 1 aliphatic heterocycles. The molecule has 0 radical (unpaired) electrons. The topological polar surface area (TPSA) is 56.9 Å². The minimum Gasteiger partial charge on any atom is -0.364 e. The molecule has 122 valence electrons. The normalized spacial score (nSPS) is 25.3. The first-order valence-corrected chi connectivity index (χ1v) is 8.26. The summed E-state index contributed by atoms with van der Waals surface area (Å²) in [5.74, 6) is 1.08. The van der Waals surface area contributed by atoms with E-state index in [1.165, 1.54) is 6.42 Å². The maximum atomic E-state index is 4.90. The number of nitrogens with zero attached hydrogens (tertiary/aromatic N) is 4. The van der Waals surface area contributed by atoms with Gasteiger partial charge in [-0.25, -0.2) is 0 Å². The van der Waals surface area contributed by atoms with Crippen LogP contribution in [0.3, 0.4) is 0 Å². The highest BCUT2D eigenvalue weighted by Crippen LogP contribution is 2.44. The van der Waals surface area contributed by atoms with Crippen LogP contribution in [0.15, 0.2) is 21.8 Å². The summed E-state index contributed by atoms with van der Waals surface area (Å²) >= 11 is 0. The Labute approximate surface area is 132 Å². The van der Waals surface area contributed by atoms with Crippen molar-refractivity contribution in [2.75, 3.05) is 32.7 Å². The van der Waals surface area contributed by atoms with Gasteiger partial charge in [-0.1, -0.05) is 19.0 Å². The smallest absolute Gasteiger partial charge is 0.194 e. The number of piperazine rings is 1. The van der Waals surface area contributed by atoms with Crippen molar-refractivity contribution in [1.29, 1.82) is 0 Å². The van der Waals surface area contributed by atoms with E-state index in [2.05, 4.69) is 46.0 Å². The Balaban J connectivity index is 1.51. The fourth-order valence-electron chi connectivity index (χ4n) is 2.92. The first-order valence-electron chi connectivity index (χ1n) is 8.26. The zero-order chi connectivity index (χ0) is 15.6. The third kappa shape index (κ3) is 3.61. The van der Waals surface area contributed by atoms with Crippen LogP contribution in [0, 0.1) is 5.41 Å². The fraction of sp³-hybridized carbons (Fsp3) is 0.750. The maximum Gasteiger partial charge on any atom is 0.194 e. The molecule has 1 aliphatic carbocycles. The van der Waals surface area contributed by atoms with Crippen LogP contribution in [0.2, 0.25) is 0 Å². The molecule has 0 bridgehead atoms. The first kappa shape index (κ1) is 15.3. The summed E-state index contributed by atoms with van der Waals surface area (Å²) in [6.07, 6.45) is 2.88. The number of aliphatic imine (C=N–C) groups is 1. The number of hydrogen-bond donors (Lipinski definition) is 1. The molecule has 1 unspecified atom stereocenters. The average Bonchev–Trinajstić information content (AvgIpc) is 2.89. The van der Waals surface area contributed by atoms with E-state index in [0.29, 0.717) is 11.5 Å². The van der Waals surface area contributed by atoms with Crippen LogP contribution in [0.25, 0.3) is 0 Å². The third-order valence-corrected chi connectivity index (χ3v) is 4.67. The van der Waals surface area contributed by atoms with Crippen LogP contribution in [-0.4, -0.2) is 59.7 Å². The molecule has 2 heterocycles. The Bertz CT molecular complexity index is 503. The highest BCUT2D eigenvalue weighted by molar-refractivity contribution is 5.81. The Morgan fingerprint density at radius 2 is 2.14 bits per heavy atom. The number of hydrogen-bond acceptors (Lipinski definition) is 4. The summed E-state index contributed by atoms with van der Waals surface area (Å²) in [5, 5.41) is 7.63. The molecule has 0 spiro atoms. The van der Waals surface area contributed by atoms with Gasteiger partial charge in [0.25, 0.3) is 0 Å². The predicted molar refractivity (Wildman–Crippen MR) is 86.7 cm³/mol. The van der Waals surface area contributed by atoms with Gasteiger partial charge < -0.3 is 14.7 Å². The Morgan fingerprint density at radius 1 is 1.41 bits per heavy atom. The Kier molecular flexibility index (Phi) is 4.38. The van der Waals surface area contributed by atoms with E-state index in [-0.39, 0.29) is 0 Å². The van der Waals surface area contributed by atoms with Crippen LogP contribution in [0.5, 0.6) is 0 Å². The van der Waals surface area contributed by atoms with E-state index in [1.54, 1.807) is 6.26 Å². The van der Waals surface area contributed by atoms with Crippen LogP contribution >= 0.6 is 0 Å². The molecule has 6 heteroatoms. The van der Waals surface area contributed by atoms with Crippen molar-refractivity contribution in [2.24, 2.45) is 10.4 Å². The summed E-state index contributed by atoms with van der Waals surface area (Å²) in [4.78, 5) is 9.48. The van der Waals surface area contributed by atoms with Crippen molar-refractivity contribution in [3.05, 3.63) is 18.0 Å². The lowest BCUT2D eigenvalue weighted by molar-refractivity contribution is 0.168. The lowest BCUT2D eigenvalue weighted by atomic mass is 10.2. The second-order valence-corrected chi connectivity index (χ2v) is 6.94. The molecule has 3 rings (SSSR count). The van der Waals surface area contributed by atoms with Gasteiger partial charge >= 0.3 is 0 Å². The molecule has 2 aliphatic rings. The van der Waals surface area contributed by atoms with Gasteiger partial charge in [-0.15, -0.1) is 0 Å². The lowest BCUT2D eigenvalue weighted by Gasteiger charge is -2.36. The zero-order valence-corrected chi connectivity index (χ0v) is 13.9. The van der Waals surface area contributed by atoms with Gasteiger partial charge in [-0.05, 0) is 18.8 Å². The molecule has 1 saturated carbocycles. The second-order valence-electron chi connectivity index (χ2n) is 6.94. The molecule has 1 saturated heterocycles.